The van der Waals surface area contributed by atoms with E-state index in [0.717, 1.165) is 0 Å². The molecule has 12 nitrogen and oxygen atoms in total. The van der Waals surface area contributed by atoms with Crippen molar-refractivity contribution in [2.24, 2.45) is 5.73 Å². The molecule has 1 aromatic heterocycles. The molecule has 1 rings (SSSR count). The van der Waals surface area contributed by atoms with Gasteiger partial charge in [0.05, 0.1) is 24.6 Å². The number of nitrogens with zero attached hydrogens (tertiary/aromatic N) is 3. The minimum absolute atomic E-state index is 0.186. The Kier molecular flexibility index (Phi) is 10.3. The lowest BCUT2D eigenvalue weighted by molar-refractivity contribution is -0.144. The molecule has 4 N–H and O–H groups in total. The van der Waals surface area contributed by atoms with Gasteiger partial charge in [0, 0.05) is 18.4 Å². The molecule has 0 spiro atoms. The summed E-state index contributed by atoms with van der Waals surface area (Å²) in [5, 5.41) is 18.9. The molecule has 0 aromatic carbocycles. The number of ketones is 1. The maximum atomic E-state index is 13.0. The number of thiol groups is 1. The summed E-state index contributed by atoms with van der Waals surface area (Å²) in [5.74, 6) is -2.66. The molecule has 0 aliphatic carbocycles. The van der Waals surface area contributed by atoms with Crippen molar-refractivity contribution in [2.75, 3.05) is 19.0 Å². The van der Waals surface area contributed by atoms with Crippen molar-refractivity contribution in [1.82, 2.24) is 20.3 Å². The highest BCUT2D eigenvalue weighted by atomic mass is 32.1. The number of carbonyl (C=O) groups excluding carboxylic acids is 2. The summed E-state index contributed by atoms with van der Waals surface area (Å²) >= 11 is 4.24. The first-order valence-electron chi connectivity index (χ1n) is 9.65. The molecule has 1 unspecified atom stereocenters. The van der Waals surface area contributed by atoms with Crippen LogP contribution in [0.25, 0.3) is 0 Å². The number of carboxylic acid groups (broad SMARTS) is 1. The van der Waals surface area contributed by atoms with Gasteiger partial charge in [-0.05, 0) is 27.7 Å². The number of nitrogens with two attached hydrogens (primary N) is 1. The van der Waals surface area contributed by atoms with Crippen molar-refractivity contribution in [1.29, 1.82) is 0 Å². The Hall–Kier alpha value is -1.79. The number of nitrogens with one attached hydrogen (secondary N) is 1. The van der Waals surface area contributed by atoms with Gasteiger partial charge in [-0.1, -0.05) is 5.21 Å². The molecule has 14 heteroatoms. The lowest BCUT2D eigenvalue weighted by Gasteiger charge is -2.24. The third kappa shape index (κ3) is 7.39. The van der Waals surface area contributed by atoms with Crippen LogP contribution in [-0.2, 0) is 41.0 Å². The normalized spacial score (nSPS) is 15.7. The number of hydrogen-bond donors (Lipinski definition) is 4. The van der Waals surface area contributed by atoms with Crippen LogP contribution in [0.3, 0.4) is 0 Å². The Morgan fingerprint density at radius 3 is 2.42 bits per heavy atom. The zero-order valence-corrected chi connectivity index (χ0v) is 19.8. The fourth-order valence-electron chi connectivity index (χ4n) is 2.48. The van der Waals surface area contributed by atoms with Gasteiger partial charge in [0.25, 0.3) is 0 Å². The minimum atomic E-state index is -3.42. The summed E-state index contributed by atoms with van der Waals surface area (Å²) in [6.07, 6.45) is 1.65. The Bertz CT molecular complexity index is 822. The van der Waals surface area contributed by atoms with E-state index in [0.29, 0.717) is 5.69 Å². The van der Waals surface area contributed by atoms with E-state index in [2.05, 4.69) is 28.3 Å². The molecule has 0 saturated carbocycles. The number of carbonyl (C=O) groups is 3. The minimum Gasteiger partial charge on any atom is -0.480 e. The third-order valence-corrected chi connectivity index (χ3v) is 7.61. The molecule has 3 atom stereocenters. The van der Waals surface area contributed by atoms with E-state index >= 15 is 0 Å². The lowest BCUT2D eigenvalue weighted by atomic mass is 9.96. The van der Waals surface area contributed by atoms with E-state index in [-0.39, 0.29) is 31.9 Å². The van der Waals surface area contributed by atoms with Crippen molar-refractivity contribution in [3.8, 4) is 0 Å². The Balaban J connectivity index is 2.87. The fraction of sp³-hybridized carbons (Fsp3) is 0.706. The average molecular weight is 479 g/mol. The van der Waals surface area contributed by atoms with E-state index in [1.54, 1.807) is 13.8 Å². The largest absolute Gasteiger partial charge is 0.480 e. The van der Waals surface area contributed by atoms with Crippen LogP contribution in [0.15, 0.2) is 6.20 Å². The zero-order valence-electron chi connectivity index (χ0n) is 18.0. The molecule has 176 valence electrons. The van der Waals surface area contributed by atoms with Gasteiger partial charge in [0.2, 0.25) is 5.91 Å². The summed E-state index contributed by atoms with van der Waals surface area (Å²) < 4.78 is 24.9. The van der Waals surface area contributed by atoms with Crippen molar-refractivity contribution in [3.63, 3.8) is 0 Å². The number of rotatable bonds is 14. The van der Waals surface area contributed by atoms with Crippen molar-refractivity contribution >= 4 is 37.9 Å². The van der Waals surface area contributed by atoms with Crippen LogP contribution >= 0.6 is 20.2 Å². The molecular formula is C17H30N5O7PS. The van der Waals surface area contributed by atoms with E-state index < -0.39 is 42.5 Å². The van der Waals surface area contributed by atoms with E-state index in [9.17, 15) is 18.9 Å². The highest BCUT2D eigenvalue weighted by Crippen LogP contribution is 2.54. The maximum absolute atomic E-state index is 13.0. The van der Waals surface area contributed by atoms with Crippen LogP contribution in [0.5, 0.6) is 0 Å². The predicted molar refractivity (Wildman–Crippen MR) is 115 cm³/mol. The van der Waals surface area contributed by atoms with Crippen molar-refractivity contribution < 1.29 is 33.1 Å². The van der Waals surface area contributed by atoms with Crippen molar-refractivity contribution in [2.45, 2.75) is 57.9 Å². The van der Waals surface area contributed by atoms with Gasteiger partial charge < -0.3 is 25.2 Å². The maximum Gasteiger partial charge on any atom is 0.334 e. The van der Waals surface area contributed by atoms with Gasteiger partial charge in [-0.25, -0.2) is 4.68 Å². The number of aliphatic carboxylic acids is 1. The lowest BCUT2D eigenvalue weighted by Crippen LogP contribution is -2.60. The SMILES string of the molecule is CCOP(=O)(OCC)C(CS)Cc1cn(CC(=O)[C@@](C)(N)C(=O)N[C@@H](C)C(=O)O)nn1. The molecule has 0 saturated heterocycles. The fourth-order valence-corrected chi connectivity index (χ4v) is 5.04. The standard InChI is InChI=1S/C17H30N5O7PS/c1-5-28-30(27,29-6-2)13(10-31)7-12-8-22(21-20-12)9-14(23)17(4,18)16(26)19-11(3)15(24)25/h8,11,13,31H,5-7,9-10,18H2,1-4H3,(H,19,26)(H,24,25)/t11-,13?,17+/m0/s1. The van der Waals surface area contributed by atoms with E-state index in [1.807, 2.05) is 0 Å². The third-order valence-electron chi connectivity index (χ3n) is 4.38. The van der Waals surface area contributed by atoms with Gasteiger partial charge >= 0.3 is 13.6 Å². The first-order valence-corrected chi connectivity index (χ1v) is 11.9. The first-order chi connectivity index (χ1) is 14.4. The van der Waals surface area contributed by atoms with Crippen LogP contribution < -0.4 is 11.1 Å². The zero-order chi connectivity index (χ0) is 23.8. The quantitative estimate of drug-likeness (QED) is 0.164. The Labute approximate surface area is 186 Å². The van der Waals surface area contributed by atoms with Gasteiger partial charge in [-0.15, -0.1) is 5.10 Å². The van der Waals surface area contributed by atoms with Gasteiger partial charge in [-0.3, -0.25) is 18.9 Å². The molecule has 0 bridgehead atoms. The molecule has 0 fully saturated rings. The van der Waals surface area contributed by atoms with Gasteiger partial charge in [0.1, 0.15) is 12.6 Å². The molecular weight excluding hydrogens is 449 g/mol. The van der Waals surface area contributed by atoms with Crippen LogP contribution in [0, 0.1) is 0 Å². The molecule has 0 radical (unpaired) electrons. The second kappa shape index (κ2) is 11.7. The number of hydrogen-bond acceptors (Lipinski definition) is 10. The molecule has 1 heterocycles. The predicted octanol–water partition coefficient (Wildman–Crippen LogP) is 0.261. The topological polar surface area (TPSA) is 176 Å². The average Bonchev–Trinajstić information content (AvgIpc) is 3.13. The van der Waals surface area contributed by atoms with E-state index in [4.69, 9.17) is 19.9 Å². The number of amides is 1. The van der Waals surface area contributed by atoms with Crippen LogP contribution in [-0.4, -0.2) is 74.0 Å². The highest BCUT2D eigenvalue weighted by molar-refractivity contribution is 7.80. The molecule has 0 aliphatic heterocycles. The number of aromatic nitrogens is 3. The molecule has 1 amide bonds. The number of carboxylic acids is 1. The Morgan fingerprint density at radius 1 is 1.35 bits per heavy atom. The molecule has 1 aromatic rings. The van der Waals surface area contributed by atoms with Gasteiger partial charge in [0.15, 0.2) is 11.3 Å². The van der Waals surface area contributed by atoms with Crippen LogP contribution in [0.4, 0.5) is 0 Å². The van der Waals surface area contributed by atoms with E-state index in [1.165, 1.54) is 24.7 Å². The first kappa shape index (κ1) is 27.2. The van der Waals surface area contributed by atoms with Crippen molar-refractivity contribution in [3.05, 3.63) is 11.9 Å². The van der Waals surface area contributed by atoms with Crippen LogP contribution in [0.2, 0.25) is 0 Å². The van der Waals surface area contributed by atoms with Gasteiger partial charge in [-0.2, -0.15) is 12.6 Å². The number of Topliss-reactive ketones (excluding diaryl/α,β-unsaturated/α-hetero) is 1. The summed E-state index contributed by atoms with van der Waals surface area (Å²) in [6.45, 7) is 5.91. The summed E-state index contributed by atoms with van der Waals surface area (Å²) in [6, 6.07) is -1.20. The summed E-state index contributed by atoms with van der Waals surface area (Å²) in [5.41, 5.74) is 3.72. The molecule has 0 aliphatic rings. The van der Waals surface area contributed by atoms with Crippen LogP contribution in [0.1, 0.15) is 33.4 Å². The second-order valence-electron chi connectivity index (χ2n) is 6.98. The monoisotopic (exact) mass is 479 g/mol. The smallest absolute Gasteiger partial charge is 0.334 e. The summed E-state index contributed by atoms with van der Waals surface area (Å²) in [7, 11) is -3.42. The summed E-state index contributed by atoms with van der Waals surface area (Å²) in [4.78, 5) is 35.6. The second-order valence-corrected chi connectivity index (χ2v) is 9.67. The molecule has 31 heavy (non-hydrogen) atoms. The Morgan fingerprint density at radius 2 is 1.94 bits per heavy atom. The highest BCUT2D eigenvalue weighted by Gasteiger charge is 2.38.